The highest BCUT2D eigenvalue weighted by Crippen LogP contribution is 2.26. The molecule has 0 amide bonds. The zero-order chi connectivity index (χ0) is 9.10. The first-order valence-corrected chi connectivity index (χ1v) is 5.31. The Morgan fingerprint density at radius 2 is 2.69 bits per heavy atom. The molecule has 1 atom stereocenters. The lowest BCUT2D eigenvalue weighted by Crippen LogP contribution is -2.07. The van der Waals surface area contributed by atoms with Gasteiger partial charge < -0.3 is 10.1 Å². The van der Waals surface area contributed by atoms with E-state index in [4.69, 9.17) is 0 Å². The summed E-state index contributed by atoms with van der Waals surface area (Å²) in [5.74, 6) is 0.574. The molecule has 3 nitrogen and oxygen atoms in total. The first-order chi connectivity index (χ1) is 6.40. The molecule has 1 fully saturated rings. The molecular weight excluding hydrogens is 184 g/mol. The molecule has 2 heterocycles. The van der Waals surface area contributed by atoms with E-state index in [2.05, 4.69) is 10.3 Å². The van der Waals surface area contributed by atoms with Crippen LogP contribution >= 0.6 is 11.3 Å². The number of rotatable bonds is 3. The van der Waals surface area contributed by atoms with Crippen molar-refractivity contribution in [1.29, 1.82) is 0 Å². The third-order valence-electron chi connectivity index (χ3n) is 2.27. The summed E-state index contributed by atoms with van der Waals surface area (Å²) in [6.45, 7) is 2.13. The molecule has 1 aromatic rings. The smallest absolute Gasteiger partial charge is 0.125 e. The van der Waals surface area contributed by atoms with Crippen LogP contribution in [-0.2, 0) is 11.2 Å². The first kappa shape index (κ1) is 8.84. The molecule has 0 aromatic carbocycles. The van der Waals surface area contributed by atoms with Gasteiger partial charge in [0.25, 0.3) is 0 Å². The highest BCUT2D eigenvalue weighted by atomic mass is 32.1. The molecule has 1 N–H and O–H groups in total. The number of aldehydes is 1. The second kappa shape index (κ2) is 3.98. The Kier molecular flexibility index (Phi) is 2.71. The lowest BCUT2D eigenvalue weighted by atomic mass is 10.1. The molecule has 0 saturated carbocycles. The molecule has 1 saturated heterocycles. The fraction of sp³-hybridized carbons (Fsp3) is 0.556. The fourth-order valence-electron chi connectivity index (χ4n) is 1.55. The third kappa shape index (κ3) is 1.95. The van der Waals surface area contributed by atoms with E-state index < -0.39 is 0 Å². The summed E-state index contributed by atoms with van der Waals surface area (Å²) in [5.41, 5.74) is 0. The maximum Gasteiger partial charge on any atom is 0.125 e. The van der Waals surface area contributed by atoms with Crippen molar-refractivity contribution in [2.75, 3.05) is 13.1 Å². The van der Waals surface area contributed by atoms with Crippen molar-refractivity contribution in [3.05, 3.63) is 16.1 Å². The standard InChI is InChI=1S/C9H12N2OS/c12-4-2-8-6-11-9(13-8)7-1-3-10-5-7/h4,6-7,10H,1-3,5H2. The van der Waals surface area contributed by atoms with Crippen LogP contribution in [0.4, 0.5) is 0 Å². The molecule has 0 radical (unpaired) electrons. The SMILES string of the molecule is O=CCc1cnc(C2CCNC2)s1. The first-order valence-electron chi connectivity index (χ1n) is 4.49. The van der Waals surface area contributed by atoms with Crippen molar-refractivity contribution in [2.45, 2.75) is 18.8 Å². The molecule has 0 bridgehead atoms. The highest BCUT2D eigenvalue weighted by Gasteiger charge is 2.19. The van der Waals surface area contributed by atoms with Crippen LogP contribution in [0.2, 0.25) is 0 Å². The molecule has 2 rings (SSSR count). The zero-order valence-corrected chi connectivity index (χ0v) is 8.14. The number of carbonyl (C=O) groups is 1. The van der Waals surface area contributed by atoms with Crippen LogP contribution in [0.15, 0.2) is 6.20 Å². The summed E-state index contributed by atoms with van der Waals surface area (Å²) in [6, 6.07) is 0. The normalized spacial score (nSPS) is 22.0. The molecule has 1 aromatic heterocycles. The number of nitrogens with zero attached hydrogens (tertiary/aromatic N) is 1. The Labute approximate surface area is 81.2 Å². The number of hydrogen-bond donors (Lipinski definition) is 1. The van der Waals surface area contributed by atoms with Gasteiger partial charge in [0.05, 0.1) is 5.01 Å². The fourth-order valence-corrected chi connectivity index (χ4v) is 2.55. The molecule has 0 aliphatic carbocycles. The zero-order valence-electron chi connectivity index (χ0n) is 7.32. The van der Waals surface area contributed by atoms with E-state index in [0.29, 0.717) is 12.3 Å². The Morgan fingerprint density at radius 1 is 1.77 bits per heavy atom. The van der Waals surface area contributed by atoms with Crippen molar-refractivity contribution in [2.24, 2.45) is 0 Å². The van der Waals surface area contributed by atoms with Crippen LogP contribution in [0.3, 0.4) is 0 Å². The van der Waals surface area contributed by atoms with Crippen molar-refractivity contribution >= 4 is 17.6 Å². The van der Waals surface area contributed by atoms with Crippen molar-refractivity contribution in [1.82, 2.24) is 10.3 Å². The molecule has 1 aliphatic heterocycles. The monoisotopic (exact) mass is 196 g/mol. The highest BCUT2D eigenvalue weighted by molar-refractivity contribution is 7.11. The van der Waals surface area contributed by atoms with E-state index in [1.165, 1.54) is 11.4 Å². The predicted octanol–water partition coefficient (Wildman–Crippen LogP) is 0.961. The van der Waals surface area contributed by atoms with Crippen molar-refractivity contribution in [3.63, 3.8) is 0 Å². The van der Waals surface area contributed by atoms with Crippen LogP contribution < -0.4 is 5.32 Å². The topological polar surface area (TPSA) is 42.0 Å². The van der Waals surface area contributed by atoms with Crippen molar-refractivity contribution in [3.8, 4) is 0 Å². The van der Waals surface area contributed by atoms with Crippen LogP contribution in [0.5, 0.6) is 0 Å². The number of aromatic nitrogens is 1. The molecule has 13 heavy (non-hydrogen) atoms. The molecular formula is C9H12N2OS. The number of thiazole rings is 1. The van der Waals surface area contributed by atoms with Gasteiger partial charge in [-0.05, 0) is 13.0 Å². The Balaban J connectivity index is 2.07. The maximum absolute atomic E-state index is 10.3. The molecule has 0 spiro atoms. The second-order valence-corrected chi connectivity index (χ2v) is 4.37. The summed E-state index contributed by atoms with van der Waals surface area (Å²) >= 11 is 1.67. The quantitative estimate of drug-likeness (QED) is 0.732. The van der Waals surface area contributed by atoms with Gasteiger partial charge in [0.2, 0.25) is 0 Å². The van der Waals surface area contributed by atoms with Crippen LogP contribution in [0.25, 0.3) is 0 Å². The van der Waals surface area contributed by atoms with Gasteiger partial charge in [-0.2, -0.15) is 0 Å². The molecule has 70 valence electrons. The maximum atomic E-state index is 10.3. The predicted molar refractivity (Wildman–Crippen MR) is 52.1 cm³/mol. The lowest BCUT2D eigenvalue weighted by Gasteiger charge is -2.01. The molecule has 4 heteroatoms. The largest absolute Gasteiger partial charge is 0.316 e. The van der Waals surface area contributed by atoms with Crippen LogP contribution in [0, 0.1) is 0 Å². The Hall–Kier alpha value is -0.740. The minimum absolute atomic E-state index is 0.512. The van der Waals surface area contributed by atoms with E-state index in [9.17, 15) is 4.79 Å². The Bertz CT molecular complexity index is 292. The average Bonchev–Trinajstić information content (AvgIpc) is 2.70. The average molecular weight is 196 g/mol. The van der Waals surface area contributed by atoms with Gasteiger partial charge in [0.1, 0.15) is 6.29 Å². The van der Waals surface area contributed by atoms with E-state index in [0.717, 1.165) is 24.3 Å². The summed E-state index contributed by atoms with van der Waals surface area (Å²) in [6.07, 6.45) is 4.45. The number of carbonyl (C=O) groups excluding carboxylic acids is 1. The lowest BCUT2D eigenvalue weighted by molar-refractivity contribution is -0.107. The summed E-state index contributed by atoms with van der Waals surface area (Å²) in [7, 11) is 0. The Morgan fingerprint density at radius 3 is 3.38 bits per heavy atom. The number of nitrogens with one attached hydrogen (secondary N) is 1. The van der Waals surface area contributed by atoms with E-state index in [1.54, 1.807) is 11.3 Å². The summed E-state index contributed by atoms with van der Waals surface area (Å²) in [5, 5.41) is 4.49. The minimum atomic E-state index is 0.512. The van der Waals surface area contributed by atoms with Gasteiger partial charge in [-0.3, -0.25) is 0 Å². The summed E-state index contributed by atoms with van der Waals surface area (Å²) < 4.78 is 0. The minimum Gasteiger partial charge on any atom is -0.316 e. The van der Waals surface area contributed by atoms with Gasteiger partial charge in [-0.25, -0.2) is 4.98 Å². The van der Waals surface area contributed by atoms with Crippen LogP contribution in [-0.4, -0.2) is 24.4 Å². The van der Waals surface area contributed by atoms with Gasteiger partial charge in [0, 0.05) is 30.0 Å². The van der Waals surface area contributed by atoms with E-state index in [-0.39, 0.29) is 0 Å². The molecule has 1 aliphatic rings. The number of hydrogen-bond acceptors (Lipinski definition) is 4. The summed E-state index contributed by atoms with van der Waals surface area (Å²) in [4.78, 5) is 15.7. The van der Waals surface area contributed by atoms with Gasteiger partial charge >= 0.3 is 0 Å². The van der Waals surface area contributed by atoms with Crippen molar-refractivity contribution < 1.29 is 4.79 Å². The second-order valence-electron chi connectivity index (χ2n) is 3.23. The van der Waals surface area contributed by atoms with Crippen LogP contribution in [0.1, 0.15) is 22.2 Å². The van der Waals surface area contributed by atoms with Gasteiger partial charge in [-0.1, -0.05) is 0 Å². The van der Waals surface area contributed by atoms with Gasteiger partial charge in [0.15, 0.2) is 0 Å². The van der Waals surface area contributed by atoms with Gasteiger partial charge in [-0.15, -0.1) is 11.3 Å². The molecule has 1 unspecified atom stereocenters. The van der Waals surface area contributed by atoms with E-state index in [1.807, 2.05) is 6.20 Å². The van der Waals surface area contributed by atoms with E-state index >= 15 is 0 Å². The third-order valence-corrected chi connectivity index (χ3v) is 3.45.